The molecule has 0 spiro atoms. The summed E-state index contributed by atoms with van der Waals surface area (Å²) < 4.78 is 46.4. The molecule has 0 amide bonds. The molecule has 0 fully saturated rings. The van der Waals surface area contributed by atoms with Gasteiger partial charge in [-0.1, -0.05) is 0 Å². The summed E-state index contributed by atoms with van der Waals surface area (Å²) >= 11 is 2.11. The molecule has 120 valence electrons. The van der Waals surface area contributed by atoms with Crippen molar-refractivity contribution in [3.05, 3.63) is 15.1 Å². The number of methoxy groups -OCH3 is 1. The Kier molecular flexibility index (Phi) is 7.60. The number of rotatable bonds is 8. The number of alkyl halides is 3. The molecule has 5 nitrogen and oxygen atoms in total. The number of aromatic nitrogens is 2. The number of nitrogens with one attached hydrogen (secondary N) is 1. The van der Waals surface area contributed by atoms with E-state index < -0.39 is 12.8 Å². The minimum atomic E-state index is -4.32. The van der Waals surface area contributed by atoms with Gasteiger partial charge in [0.2, 0.25) is 0 Å². The van der Waals surface area contributed by atoms with Gasteiger partial charge in [0, 0.05) is 20.1 Å². The van der Waals surface area contributed by atoms with Gasteiger partial charge in [-0.25, -0.2) is 9.97 Å². The molecule has 9 heteroatoms. The van der Waals surface area contributed by atoms with Crippen LogP contribution in [0.25, 0.3) is 0 Å². The first-order valence-electron chi connectivity index (χ1n) is 6.30. The maximum atomic E-state index is 12.0. The van der Waals surface area contributed by atoms with Crippen LogP contribution in [0.2, 0.25) is 0 Å². The number of halogens is 4. The Labute approximate surface area is 134 Å². The van der Waals surface area contributed by atoms with E-state index in [0.717, 1.165) is 3.57 Å². The standard InChI is InChI=1S/C12H17F3IN3O2/c1-3-17-11-10(16)8(6-20-2)18-9(19-11)4-5-21-7-12(13,14)15/h3-7H2,1-2H3,(H,17,18,19). The molecule has 0 aliphatic heterocycles. The molecular weight excluding hydrogens is 402 g/mol. The van der Waals surface area contributed by atoms with E-state index in [4.69, 9.17) is 4.74 Å². The van der Waals surface area contributed by atoms with Gasteiger partial charge >= 0.3 is 6.18 Å². The zero-order valence-corrected chi connectivity index (χ0v) is 13.9. The monoisotopic (exact) mass is 419 g/mol. The summed E-state index contributed by atoms with van der Waals surface area (Å²) in [5, 5.41) is 3.09. The molecule has 0 saturated heterocycles. The first-order chi connectivity index (χ1) is 9.87. The Morgan fingerprint density at radius 1 is 1.29 bits per heavy atom. The van der Waals surface area contributed by atoms with Crippen LogP contribution in [0.5, 0.6) is 0 Å². The molecule has 1 aromatic heterocycles. The maximum absolute atomic E-state index is 12.0. The Morgan fingerprint density at radius 2 is 2.00 bits per heavy atom. The van der Waals surface area contributed by atoms with Crippen LogP contribution in [0.15, 0.2) is 0 Å². The normalized spacial score (nSPS) is 11.7. The highest BCUT2D eigenvalue weighted by molar-refractivity contribution is 14.1. The predicted octanol–water partition coefficient (Wildman–Crippen LogP) is 2.78. The molecule has 1 aromatic rings. The van der Waals surface area contributed by atoms with Crippen molar-refractivity contribution < 1.29 is 22.6 Å². The summed E-state index contributed by atoms with van der Waals surface area (Å²) in [4.78, 5) is 8.59. The first kappa shape index (κ1) is 18.4. The lowest BCUT2D eigenvalue weighted by Crippen LogP contribution is -2.18. The zero-order valence-electron chi connectivity index (χ0n) is 11.8. The Morgan fingerprint density at radius 3 is 2.57 bits per heavy atom. The topological polar surface area (TPSA) is 56.3 Å². The average Bonchev–Trinajstić information content (AvgIpc) is 2.39. The molecule has 0 atom stereocenters. The van der Waals surface area contributed by atoms with E-state index in [1.54, 1.807) is 7.11 Å². The molecule has 0 aromatic carbocycles. The van der Waals surface area contributed by atoms with Crippen molar-refractivity contribution in [2.24, 2.45) is 0 Å². The van der Waals surface area contributed by atoms with Crippen LogP contribution < -0.4 is 5.32 Å². The fourth-order valence-electron chi connectivity index (χ4n) is 1.52. The Hall–Kier alpha value is -0.680. The summed E-state index contributed by atoms with van der Waals surface area (Å²) in [5.74, 6) is 1.09. The Bertz CT molecular complexity index is 431. The van der Waals surface area contributed by atoms with Crippen molar-refractivity contribution in [3.63, 3.8) is 0 Å². The molecule has 1 heterocycles. The second kappa shape index (κ2) is 8.69. The van der Waals surface area contributed by atoms with Crippen molar-refractivity contribution in [1.29, 1.82) is 0 Å². The van der Waals surface area contributed by atoms with E-state index in [1.165, 1.54) is 0 Å². The summed E-state index contributed by atoms with van der Waals surface area (Å²) in [7, 11) is 1.55. The fraction of sp³-hybridized carbons (Fsp3) is 0.667. The average molecular weight is 419 g/mol. The molecule has 0 saturated carbocycles. The molecule has 1 rings (SSSR count). The highest BCUT2D eigenvalue weighted by Crippen LogP contribution is 2.20. The number of hydrogen-bond acceptors (Lipinski definition) is 5. The van der Waals surface area contributed by atoms with Gasteiger partial charge in [0.05, 0.1) is 22.5 Å². The molecular formula is C12H17F3IN3O2. The minimum Gasteiger partial charge on any atom is -0.378 e. The second-order valence-electron chi connectivity index (χ2n) is 4.13. The lowest BCUT2D eigenvalue weighted by molar-refractivity contribution is -0.173. The van der Waals surface area contributed by atoms with Gasteiger partial charge in [-0.15, -0.1) is 0 Å². The second-order valence-corrected chi connectivity index (χ2v) is 5.21. The van der Waals surface area contributed by atoms with Gasteiger partial charge in [0.15, 0.2) is 0 Å². The summed E-state index contributed by atoms with van der Waals surface area (Å²) in [6.45, 7) is 1.58. The van der Waals surface area contributed by atoms with Gasteiger partial charge in [0.1, 0.15) is 18.2 Å². The summed E-state index contributed by atoms with van der Waals surface area (Å²) in [6, 6.07) is 0. The number of anilines is 1. The molecule has 0 aliphatic rings. The van der Waals surface area contributed by atoms with Gasteiger partial charge in [0.25, 0.3) is 0 Å². The third-order valence-corrected chi connectivity index (χ3v) is 3.46. The van der Waals surface area contributed by atoms with Crippen LogP contribution in [-0.2, 0) is 22.5 Å². The van der Waals surface area contributed by atoms with Gasteiger partial charge in [-0.2, -0.15) is 13.2 Å². The van der Waals surface area contributed by atoms with Crippen molar-refractivity contribution >= 4 is 28.4 Å². The lowest BCUT2D eigenvalue weighted by atomic mass is 10.3. The SMILES string of the molecule is CCNc1nc(CCOCC(F)(F)F)nc(COC)c1I. The van der Waals surface area contributed by atoms with Crippen LogP contribution in [-0.4, -0.2) is 43.0 Å². The molecule has 0 unspecified atom stereocenters. The van der Waals surface area contributed by atoms with Gasteiger partial charge in [-0.05, 0) is 29.5 Å². The van der Waals surface area contributed by atoms with E-state index in [-0.39, 0.29) is 13.0 Å². The summed E-state index contributed by atoms with van der Waals surface area (Å²) in [6.07, 6.45) is -4.11. The Balaban J connectivity index is 2.72. The van der Waals surface area contributed by atoms with E-state index >= 15 is 0 Å². The lowest BCUT2D eigenvalue weighted by Gasteiger charge is -2.12. The number of nitrogens with zero attached hydrogens (tertiary/aromatic N) is 2. The smallest absolute Gasteiger partial charge is 0.378 e. The molecule has 0 aliphatic carbocycles. The maximum Gasteiger partial charge on any atom is 0.411 e. The van der Waals surface area contributed by atoms with Crippen LogP contribution >= 0.6 is 22.6 Å². The minimum absolute atomic E-state index is 0.0852. The third-order valence-electron chi connectivity index (χ3n) is 2.33. The van der Waals surface area contributed by atoms with E-state index in [1.807, 2.05) is 6.92 Å². The van der Waals surface area contributed by atoms with Crippen molar-refractivity contribution in [3.8, 4) is 0 Å². The van der Waals surface area contributed by atoms with Crippen LogP contribution in [0.4, 0.5) is 19.0 Å². The highest BCUT2D eigenvalue weighted by Gasteiger charge is 2.27. The van der Waals surface area contributed by atoms with Crippen LogP contribution in [0, 0.1) is 3.57 Å². The largest absolute Gasteiger partial charge is 0.411 e. The molecule has 21 heavy (non-hydrogen) atoms. The van der Waals surface area contributed by atoms with E-state index in [2.05, 4.69) is 42.6 Å². The molecule has 0 bridgehead atoms. The van der Waals surface area contributed by atoms with E-state index in [0.29, 0.717) is 30.5 Å². The molecule has 0 radical (unpaired) electrons. The predicted molar refractivity (Wildman–Crippen MR) is 80.2 cm³/mol. The molecule has 1 N–H and O–H groups in total. The fourth-order valence-corrected chi connectivity index (χ4v) is 2.11. The van der Waals surface area contributed by atoms with Crippen molar-refractivity contribution in [2.45, 2.75) is 26.1 Å². The number of hydrogen-bond donors (Lipinski definition) is 1. The number of ether oxygens (including phenoxy) is 2. The quantitative estimate of drug-likeness (QED) is 0.519. The van der Waals surface area contributed by atoms with Crippen molar-refractivity contribution in [2.75, 3.05) is 32.2 Å². The van der Waals surface area contributed by atoms with Crippen LogP contribution in [0.1, 0.15) is 18.4 Å². The zero-order chi connectivity index (χ0) is 15.9. The van der Waals surface area contributed by atoms with Gasteiger partial charge in [-0.3, -0.25) is 0 Å². The first-order valence-corrected chi connectivity index (χ1v) is 7.37. The third kappa shape index (κ3) is 6.74. The summed E-state index contributed by atoms with van der Waals surface area (Å²) in [5.41, 5.74) is 0.704. The van der Waals surface area contributed by atoms with Crippen molar-refractivity contribution in [1.82, 2.24) is 9.97 Å². The van der Waals surface area contributed by atoms with E-state index in [9.17, 15) is 13.2 Å². The van der Waals surface area contributed by atoms with Gasteiger partial charge < -0.3 is 14.8 Å². The highest BCUT2D eigenvalue weighted by atomic mass is 127. The van der Waals surface area contributed by atoms with Crippen LogP contribution in [0.3, 0.4) is 0 Å².